The van der Waals surface area contributed by atoms with Crippen molar-refractivity contribution in [2.75, 3.05) is 24.7 Å². The number of nitrogens with two attached hydrogens (primary N) is 1. The number of ketones is 1. The van der Waals surface area contributed by atoms with Crippen molar-refractivity contribution in [2.45, 2.75) is 96.4 Å². The minimum atomic E-state index is -1.28. The van der Waals surface area contributed by atoms with E-state index in [9.17, 15) is 30.0 Å². The Bertz CT molecular complexity index is 1630. The Labute approximate surface area is 316 Å². The molecule has 4 aliphatic rings. The van der Waals surface area contributed by atoms with Crippen LogP contribution in [0.1, 0.15) is 89.4 Å². The van der Waals surface area contributed by atoms with E-state index in [0.717, 1.165) is 24.0 Å². The molecule has 2 bridgehead atoms. The molecule has 7 atom stereocenters. The van der Waals surface area contributed by atoms with Crippen molar-refractivity contribution in [1.82, 2.24) is 5.32 Å². The van der Waals surface area contributed by atoms with Crippen LogP contribution >= 0.6 is 21.6 Å². The van der Waals surface area contributed by atoms with Gasteiger partial charge in [-0.3, -0.25) is 4.79 Å². The van der Waals surface area contributed by atoms with Crippen LogP contribution < -0.4 is 15.8 Å². The highest BCUT2D eigenvalue weighted by atomic mass is 33.1. The maximum Gasteiger partial charge on any atom is 0.414 e. The number of nitrogens with one attached hydrogen (secondary N) is 1. The van der Waals surface area contributed by atoms with Crippen molar-refractivity contribution in [3.63, 3.8) is 0 Å². The fourth-order valence-corrected chi connectivity index (χ4v) is 11.7. The summed E-state index contributed by atoms with van der Waals surface area (Å²) in [4.78, 5) is 26.8. The van der Waals surface area contributed by atoms with Crippen LogP contribution in [0.4, 0.5) is 4.79 Å². The molecule has 1 aromatic rings. The third-order valence-corrected chi connectivity index (χ3v) is 14.1. The number of carbonyl (C=O) groups excluding carboxylic acids is 2. The van der Waals surface area contributed by atoms with Gasteiger partial charge in [-0.1, -0.05) is 87.4 Å². The van der Waals surface area contributed by atoms with Crippen LogP contribution in [-0.2, 0) is 11.2 Å². The maximum absolute atomic E-state index is 14.5. The molecule has 2 fully saturated rings. The number of rotatable bonds is 13. The molecule has 5 rings (SSSR count). The van der Waals surface area contributed by atoms with E-state index in [1.807, 2.05) is 25.2 Å². The van der Waals surface area contributed by atoms with Gasteiger partial charge >= 0.3 is 6.09 Å². The molecule has 2 heterocycles. The topological polar surface area (TPSA) is 162 Å². The van der Waals surface area contributed by atoms with Gasteiger partial charge in [0.1, 0.15) is 11.9 Å². The van der Waals surface area contributed by atoms with Crippen LogP contribution in [-0.4, -0.2) is 68.7 Å². The number of para-hydroxylation sites is 1. The molecule has 9 nitrogen and oxygen atoms in total. The highest BCUT2D eigenvalue weighted by molar-refractivity contribution is 8.76. The lowest BCUT2D eigenvalue weighted by molar-refractivity contribution is -0.184. The predicted octanol–water partition coefficient (Wildman–Crippen LogP) is 6.63. The lowest BCUT2D eigenvalue weighted by Crippen LogP contribution is -2.62. The lowest BCUT2D eigenvalue weighted by atomic mass is 9.49. The molecular weight excluding hydrogens is 697 g/mol. The van der Waals surface area contributed by atoms with Gasteiger partial charge in [-0.15, -0.1) is 0 Å². The standard InChI is InChI=1S/C41H56N2O7S2/c1-25(2)9-5-10-26(3)11-6-13-28(23-45)33-22-29-24-52-51-20-17-31(30-16-18-40(4,49)41(29,37(33)47)34(30)15-8-19-44)35(46)21-27-12-7-14-32-36(27)50-39(48)43-38(32)42/h6-7,9,11-14,29,33-34,37-38,44-45,47,49H,3,5,8,10,15-24,42H2,1-2,4H3,(H,43,48)/b11-6+,28-13-,31-30+/t29-,33+,34+,37+,38-,40+,41+/m0/s1. The third-order valence-electron chi connectivity index (χ3n) is 11.7. The summed E-state index contributed by atoms with van der Waals surface area (Å²) in [6, 6.07) is 5.36. The van der Waals surface area contributed by atoms with Crippen LogP contribution in [0.3, 0.4) is 0 Å². The zero-order valence-corrected chi connectivity index (χ0v) is 32.4. The summed E-state index contributed by atoms with van der Waals surface area (Å²) in [6.45, 7) is 9.87. The number of hydrogen-bond donors (Lipinski definition) is 6. The molecule has 52 heavy (non-hydrogen) atoms. The number of ether oxygens (including phenoxy) is 1. The molecule has 0 unspecified atom stereocenters. The van der Waals surface area contributed by atoms with Gasteiger partial charge in [0.15, 0.2) is 5.78 Å². The number of benzene rings is 1. The first-order chi connectivity index (χ1) is 24.8. The molecule has 284 valence electrons. The van der Waals surface area contributed by atoms with Gasteiger partial charge in [-0.25, -0.2) is 4.79 Å². The first-order valence-electron chi connectivity index (χ1n) is 18.5. The van der Waals surface area contributed by atoms with E-state index < -0.39 is 35.3 Å². The van der Waals surface area contributed by atoms with Crippen LogP contribution in [0.5, 0.6) is 5.75 Å². The highest BCUT2D eigenvalue weighted by Crippen LogP contribution is 2.66. The minimum Gasteiger partial charge on any atom is -0.410 e. The monoisotopic (exact) mass is 752 g/mol. The van der Waals surface area contributed by atoms with Gasteiger partial charge in [0.2, 0.25) is 0 Å². The third kappa shape index (κ3) is 8.36. The number of amides is 1. The highest BCUT2D eigenvalue weighted by Gasteiger charge is 2.68. The molecule has 1 spiro atoms. The van der Waals surface area contributed by atoms with E-state index in [2.05, 4.69) is 31.8 Å². The molecule has 2 saturated carbocycles. The number of hydrogen-bond acceptors (Lipinski definition) is 10. The second-order valence-electron chi connectivity index (χ2n) is 15.2. The summed E-state index contributed by atoms with van der Waals surface area (Å²) in [5.41, 5.74) is 9.63. The SMILES string of the molecule is C=C(/C=C/C=C(/CO)[C@H]1C[C@H]2CSSCC/C(C(=O)Cc3cccc4c3OC(=O)N[C@@H]4N)=C3/CC[C@@](C)(O)[C@]2([C@@H]3CCCO)[C@@H]1O)CCC=C(C)C. The zero-order valence-electron chi connectivity index (χ0n) is 30.7. The van der Waals surface area contributed by atoms with Crippen molar-refractivity contribution in [1.29, 1.82) is 0 Å². The maximum atomic E-state index is 14.5. The fraction of sp³-hybridized carbons (Fsp3) is 0.561. The lowest BCUT2D eigenvalue weighted by Gasteiger charge is -2.58. The number of carbonyl (C=O) groups is 2. The average molecular weight is 753 g/mol. The summed E-state index contributed by atoms with van der Waals surface area (Å²) in [5.74, 6) is 0.731. The first-order valence-corrected chi connectivity index (χ1v) is 21.0. The smallest absolute Gasteiger partial charge is 0.410 e. The van der Waals surface area contributed by atoms with Gasteiger partial charge in [0.05, 0.1) is 18.3 Å². The average Bonchev–Trinajstić information content (AvgIpc) is 3.38. The predicted molar refractivity (Wildman–Crippen MR) is 210 cm³/mol. The van der Waals surface area contributed by atoms with E-state index in [1.54, 1.807) is 39.8 Å². The fourth-order valence-electron chi connectivity index (χ4n) is 9.28. The van der Waals surface area contributed by atoms with Gasteiger partial charge in [-0.05, 0) is 95.1 Å². The summed E-state index contributed by atoms with van der Waals surface area (Å²) in [7, 11) is 3.40. The molecule has 7 N–H and O–H groups in total. The van der Waals surface area contributed by atoms with Crippen LogP contribution in [0, 0.1) is 23.2 Å². The van der Waals surface area contributed by atoms with Gasteiger partial charge in [0.25, 0.3) is 0 Å². The van der Waals surface area contributed by atoms with E-state index in [0.29, 0.717) is 78.1 Å². The quantitative estimate of drug-likeness (QED) is 0.0733. The Hall–Kier alpha value is -2.64. The first kappa shape index (κ1) is 40.5. The van der Waals surface area contributed by atoms with Crippen LogP contribution in [0.2, 0.25) is 0 Å². The van der Waals surface area contributed by atoms with E-state index in [4.69, 9.17) is 10.5 Å². The Morgan fingerprint density at radius 2 is 2.00 bits per heavy atom. The summed E-state index contributed by atoms with van der Waals surface area (Å²) < 4.78 is 5.53. The number of fused-ring (bicyclic) bond motifs is 2. The number of Topliss-reactive ketones (excluding diaryl/α,β-unsaturated/α-hetero) is 1. The van der Waals surface area contributed by atoms with Gasteiger partial charge in [-0.2, -0.15) is 0 Å². The Morgan fingerprint density at radius 1 is 1.21 bits per heavy atom. The largest absolute Gasteiger partial charge is 0.414 e. The molecule has 0 saturated heterocycles. The van der Waals surface area contributed by atoms with Crippen LogP contribution in [0.15, 0.2) is 76.9 Å². The van der Waals surface area contributed by atoms with Crippen LogP contribution in [0.25, 0.3) is 0 Å². The minimum absolute atomic E-state index is 0.00784. The number of allylic oxidation sites excluding steroid dienone is 8. The zero-order chi connectivity index (χ0) is 37.6. The second-order valence-corrected chi connectivity index (χ2v) is 17.8. The van der Waals surface area contributed by atoms with Crippen molar-refractivity contribution in [3.05, 3.63) is 88.1 Å². The molecule has 1 amide bonds. The van der Waals surface area contributed by atoms with Crippen molar-refractivity contribution in [2.24, 2.45) is 28.9 Å². The van der Waals surface area contributed by atoms with Crippen molar-refractivity contribution in [3.8, 4) is 5.75 Å². The molecule has 0 aromatic heterocycles. The molecule has 2 aliphatic carbocycles. The molecule has 11 heteroatoms. The van der Waals surface area contributed by atoms with Crippen molar-refractivity contribution >= 4 is 33.5 Å². The molecule has 1 aromatic carbocycles. The molecular formula is C41H56N2O7S2. The second kappa shape index (κ2) is 17.7. The summed E-state index contributed by atoms with van der Waals surface area (Å²) >= 11 is 0. The van der Waals surface area contributed by atoms with E-state index in [1.165, 1.54) is 5.57 Å². The van der Waals surface area contributed by atoms with Gasteiger partial charge in [0, 0.05) is 47.0 Å². The number of aliphatic hydroxyl groups is 4. The summed E-state index contributed by atoms with van der Waals surface area (Å²) in [6.07, 6.45) is 10.1. The van der Waals surface area contributed by atoms with Gasteiger partial charge < -0.3 is 36.2 Å². The van der Waals surface area contributed by atoms with Crippen molar-refractivity contribution < 1.29 is 34.8 Å². The Kier molecular flexibility index (Phi) is 13.8. The van der Waals surface area contributed by atoms with E-state index in [-0.39, 0.29) is 37.3 Å². The van der Waals surface area contributed by atoms with E-state index >= 15 is 0 Å². The Balaban J connectivity index is 1.55. The molecule has 0 radical (unpaired) electrons. The number of aliphatic hydroxyl groups excluding tert-OH is 3. The Morgan fingerprint density at radius 3 is 2.73 bits per heavy atom. The normalized spacial score (nSPS) is 32.0. The molecule has 2 aliphatic heterocycles. The summed E-state index contributed by atoms with van der Waals surface area (Å²) in [5, 5.41) is 48.6.